The third-order valence-electron chi connectivity index (χ3n) is 10.6. The van der Waals surface area contributed by atoms with Crippen LogP contribution >= 0.6 is 0 Å². The van der Waals surface area contributed by atoms with Crippen molar-refractivity contribution in [3.05, 3.63) is 35.9 Å². The van der Waals surface area contributed by atoms with Crippen LogP contribution in [0, 0.1) is 11.8 Å². The van der Waals surface area contributed by atoms with E-state index in [1.807, 2.05) is 5.32 Å². The van der Waals surface area contributed by atoms with Crippen LogP contribution in [0.3, 0.4) is 0 Å². The summed E-state index contributed by atoms with van der Waals surface area (Å²) in [6, 6.07) is -4.63. The molecule has 0 spiro atoms. The lowest BCUT2D eigenvalue weighted by Crippen LogP contribution is -2.61. The Bertz CT molecular complexity index is 2160. The third-order valence-corrected chi connectivity index (χ3v) is 10.6. The Morgan fingerprint density at radius 3 is 1.43 bits per heavy atom. The minimum atomic E-state index is -1.97. The Morgan fingerprint density at radius 2 is 0.946 bits per heavy atom. The highest BCUT2D eigenvalue weighted by Crippen LogP contribution is 2.11. The third kappa shape index (κ3) is 25.1. The first-order valence-corrected chi connectivity index (χ1v) is 23.5. The van der Waals surface area contributed by atoms with E-state index in [9.17, 15) is 87.9 Å². The molecular weight excluding hydrogens is 981 g/mol. The fourth-order valence-electron chi connectivity index (χ4n) is 6.92. The summed E-state index contributed by atoms with van der Waals surface area (Å²) in [5, 5.41) is 69.0. The Labute approximate surface area is 425 Å². The first kappa shape index (κ1) is 64.3. The minimum Gasteiger partial charge on any atom is -0.481 e. The summed E-state index contributed by atoms with van der Waals surface area (Å²) in [4.78, 5) is 166. The maximum atomic E-state index is 13.7. The molecule has 0 saturated heterocycles. The monoisotopic (exact) mass is 1050 g/mol. The van der Waals surface area contributed by atoms with Crippen LogP contribution in [-0.4, -0.2) is 170 Å². The quantitative estimate of drug-likeness (QED) is 0.0309. The molecule has 0 aliphatic heterocycles. The molecule has 1 aromatic carbocycles. The van der Waals surface area contributed by atoms with Crippen molar-refractivity contribution in [3.63, 3.8) is 0 Å². The molecule has 28 heteroatoms. The van der Waals surface area contributed by atoms with Crippen molar-refractivity contribution < 1.29 is 87.9 Å². The molecule has 0 aromatic heterocycles. The molecule has 412 valence electrons. The zero-order chi connectivity index (χ0) is 56.4. The Balaban J connectivity index is 3.27. The maximum absolute atomic E-state index is 13.7. The topological polar surface area (TPSA) is 457 Å². The van der Waals surface area contributed by atoms with Gasteiger partial charge in [0.1, 0.15) is 48.3 Å². The number of benzene rings is 1. The van der Waals surface area contributed by atoms with Crippen molar-refractivity contribution in [2.45, 2.75) is 147 Å². The van der Waals surface area contributed by atoms with E-state index in [1.54, 1.807) is 58.0 Å². The zero-order valence-electron chi connectivity index (χ0n) is 41.9. The number of primary amides is 1. The van der Waals surface area contributed by atoms with Crippen molar-refractivity contribution in [3.8, 4) is 0 Å². The van der Waals surface area contributed by atoms with Crippen LogP contribution in [0.15, 0.2) is 30.3 Å². The van der Waals surface area contributed by atoms with E-state index in [1.165, 1.54) is 0 Å². The normalized spacial score (nSPS) is 14.6. The van der Waals surface area contributed by atoms with E-state index in [0.29, 0.717) is 5.56 Å². The van der Waals surface area contributed by atoms with Crippen LogP contribution in [0.1, 0.15) is 92.1 Å². The summed E-state index contributed by atoms with van der Waals surface area (Å²) >= 11 is 0. The number of nitrogens with two attached hydrogens (primary N) is 1. The second kappa shape index (κ2) is 32.3. The molecule has 1 rings (SSSR count). The van der Waals surface area contributed by atoms with Gasteiger partial charge in [0.15, 0.2) is 0 Å². The Kier molecular flexibility index (Phi) is 28.1. The number of carboxylic acids is 3. The first-order valence-electron chi connectivity index (χ1n) is 23.5. The second-order valence-electron chi connectivity index (χ2n) is 18.1. The van der Waals surface area contributed by atoms with Gasteiger partial charge >= 0.3 is 17.9 Å². The van der Waals surface area contributed by atoms with Crippen LogP contribution < -0.4 is 53.6 Å². The van der Waals surface area contributed by atoms with Gasteiger partial charge in [-0.2, -0.15) is 0 Å². The number of carbonyl (C=O) groups excluding carboxylic acids is 10. The van der Waals surface area contributed by atoms with Gasteiger partial charge in [0.05, 0.1) is 25.7 Å². The van der Waals surface area contributed by atoms with Crippen LogP contribution in [-0.2, 0) is 68.7 Å². The molecule has 0 aliphatic carbocycles. The van der Waals surface area contributed by atoms with Gasteiger partial charge < -0.3 is 79.1 Å². The maximum Gasteiger partial charge on any atom is 0.305 e. The number of amides is 10. The first-order chi connectivity index (χ1) is 34.5. The molecule has 10 amide bonds. The second-order valence-corrected chi connectivity index (χ2v) is 18.1. The SMILES string of the molecule is CC(=O)N[C@@H](CC(C)C)C(=O)N[C@@H](CC(=O)O)C(=O)N[C@@H](CO)C(=O)N[C@@H](CCC(=O)O)C(=O)N[C@H](C(=O)NCC(=O)N[C@@H](CCC(=O)O)C(=O)N[C@@H](Cc1ccccc1)C(=O)N[C@@H](CC(C)C)C(N)=O)[C@@H](C)O. The average Bonchev–Trinajstić information content (AvgIpc) is 3.29. The van der Waals surface area contributed by atoms with Crippen molar-refractivity contribution in [1.29, 1.82) is 0 Å². The van der Waals surface area contributed by atoms with Gasteiger partial charge in [0.25, 0.3) is 0 Å². The van der Waals surface area contributed by atoms with Gasteiger partial charge in [0.2, 0.25) is 59.1 Å². The minimum absolute atomic E-state index is 0.0769. The van der Waals surface area contributed by atoms with Gasteiger partial charge in [-0.25, -0.2) is 0 Å². The summed E-state index contributed by atoms with van der Waals surface area (Å²) in [6.07, 6.45) is -5.33. The van der Waals surface area contributed by atoms with E-state index in [-0.39, 0.29) is 31.1 Å². The predicted molar refractivity (Wildman–Crippen MR) is 257 cm³/mol. The van der Waals surface area contributed by atoms with Crippen LogP contribution in [0.25, 0.3) is 0 Å². The lowest BCUT2D eigenvalue weighted by atomic mass is 10.0. The van der Waals surface area contributed by atoms with Crippen molar-refractivity contribution in [1.82, 2.24) is 47.9 Å². The average molecular weight is 1050 g/mol. The Hall–Kier alpha value is -7.75. The summed E-state index contributed by atoms with van der Waals surface area (Å²) in [7, 11) is 0. The van der Waals surface area contributed by atoms with Gasteiger partial charge in [-0.05, 0) is 50.0 Å². The number of aliphatic hydroxyl groups is 2. The number of carbonyl (C=O) groups is 13. The van der Waals surface area contributed by atoms with Crippen molar-refractivity contribution >= 4 is 77.0 Å². The van der Waals surface area contributed by atoms with Crippen molar-refractivity contribution in [2.24, 2.45) is 17.6 Å². The number of aliphatic hydroxyl groups excluding tert-OH is 2. The van der Waals surface area contributed by atoms with E-state index < -0.39 is 177 Å². The molecule has 0 bridgehead atoms. The molecule has 0 radical (unpaired) electrons. The van der Waals surface area contributed by atoms with E-state index in [4.69, 9.17) is 5.73 Å². The highest BCUT2D eigenvalue weighted by molar-refractivity contribution is 5.99. The predicted octanol–water partition coefficient (Wildman–Crippen LogP) is -4.60. The highest BCUT2D eigenvalue weighted by Gasteiger charge is 2.35. The van der Waals surface area contributed by atoms with Crippen LogP contribution in [0.4, 0.5) is 0 Å². The van der Waals surface area contributed by atoms with Gasteiger partial charge in [0, 0.05) is 26.2 Å². The summed E-state index contributed by atoms with van der Waals surface area (Å²) in [5.74, 6) is -15.2. The summed E-state index contributed by atoms with van der Waals surface area (Å²) in [6.45, 7) is 7.02. The number of hydrogen-bond donors (Lipinski definition) is 15. The fraction of sp³-hybridized carbons (Fsp3) is 0.587. The lowest BCUT2D eigenvalue weighted by Gasteiger charge is -2.27. The molecule has 74 heavy (non-hydrogen) atoms. The molecule has 0 unspecified atom stereocenters. The largest absolute Gasteiger partial charge is 0.481 e. The van der Waals surface area contributed by atoms with Gasteiger partial charge in [-0.3, -0.25) is 62.3 Å². The smallest absolute Gasteiger partial charge is 0.305 e. The summed E-state index contributed by atoms with van der Waals surface area (Å²) < 4.78 is 0. The number of carboxylic acid groups (broad SMARTS) is 3. The molecule has 1 aromatic rings. The van der Waals surface area contributed by atoms with E-state index in [0.717, 1.165) is 13.8 Å². The van der Waals surface area contributed by atoms with Crippen LogP contribution in [0.2, 0.25) is 0 Å². The fourth-order valence-corrected chi connectivity index (χ4v) is 6.92. The number of aliphatic carboxylic acids is 3. The van der Waals surface area contributed by atoms with Crippen LogP contribution in [0.5, 0.6) is 0 Å². The molecule has 28 nitrogen and oxygen atoms in total. The highest BCUT2D eigenvalue weighted by atomic mass is 16.4. The standard InChI is InChI=1S/C46H70N10O18/c1-22(2)16-29(39(47)67)52-43(71)31(18-26-10-8-7-9-11-26)53-40(68)27(12-14-35(61)62)50-34(60)20-48-46(74)38(24(5)58)56-41(69)28(13-15-36(63)64)51-45(73)33(21-57)55-44(72)32(19-37(65)66)54-42(70)30(17-23(3)4)49-25(6)59/h7-11,22-24,27-33,38,57-58H,12-21H2,1-6H3,(H2,47,67)(H,48,74)(H,49,59)(H,50,60)(H,51,73)(H,52,71)(H,53,68)(H,54,70)(H,55,72)(H,56,69)(H,61,62)(H,63,64)(H,65,66)/t24-,27+,28+,29+,30+,31+,32+,33+,38+/m1/s1. The van der Waals surface area contributed by atoms with Gasteiger partial charge in [-0.1, -0.05) is 58.0 Å². The van der Waals surface area contributed by atoms with Gasteiger partial charge in [-0.15, -0.1) is 0 Å². The molecule has 16 N–H and O–H groups in total. The molecule has 9 atom stereocenters. The number of rotatable bonds is 34. The number of nitrogens with one attached hydrogen (secondary N) is 9. The van der Waals surface area contributed by atoms with E-state index >= 15 is 0 Å². The Morgan fingerprint density at radius 1 is 0.514 bits per heavy atom. The zero-order valence-corrected chi connectivity index (χ0v) is 41.9. The molecule has 0 saturated carbocycles. The lowest BCUT2D eigenvalue weighted by molar-refractivity contribution is -0.142. The van der Waals surface area contributed by atoms with Crippen molar-refractivity contribution in [2.75, 3.05) is 13.2 Å². The molecular formula is C46H70N10O18. The molecule has 0 fully saturated rings. The number of hydrogen-bond acceptors (Lipinski definition) is 15. The molecule has 0 aliphatic rings. The van der Waals surface area contributed by atoms with E-state index in [2.05, 4.69) is 42.5 Å². The molecule has 0 heterocycles. The summed E-state index contributed by atoms with van der Waals surface area (Å²) in [5.41, 5.74) is 6.07.